The summed E-state index contributed by atoms with van der Waals surface area (Å²) >= 11 is 1.90. The molecule has 1 fully saturated rings. The lowest BCUT2D eigenvalue weighted by Crippen LogP contribution is -2.17. The van der Waals surface area contributed by atoms with Crippen LogP contribution in [0, 0.1) is 0 Å². The molecule has 8 aromatic carbocycles. The zero-order chi connectivity index (χ0) is 42.6. The Balaban J connectivity index is 1.28. The molecular weight excluding hydrogens is 767 g/mol. The van der Waals surface area contributed by atoms with Gasteiger partial charge < -0.3 is 4.90 Å². The zero-order valence-electron chi connectivity index (χ0n) is 37.1. The molecule has 0 saturated heterocycles. The van der Waals surface area contributed by atoms with Crippen molar-refractivity contribution in [2.24, 2.45) is 0 Å². The van der Waals surface area contributed by atoms with Gasteiger partial charge >= 0.3 is 0 Å². The molecule has 62 heavy (non-hydrogen) atoms. The van der Waals surface area contributed by atoms with E-state index in [0.29, 0.717) is 5.92 Å². The number of hydrogen-bond acceptors (Lipinski definition) is 2. The first kappa shape index (κ1) is 40.1. The molecule has 0 amide bonds. The first-order chi connectivity index (χ1) is 30.0. The van der Waals surface area contributed by atoms with Crippen molar-refractivity contribution in [1.29, 1.82) is 0 Å². The molecule has 1 nitrogen and oxygen atoms in total. The van der Waals surface area contributed by atoms with E-state index in [-0.39, 0.29) is 10.8 Å². The summed E-state index contributed by atoms with van der Waals surface area (Å²) in [7, 11) is 0. The van der Waals surface area contributed by atoms with Crippen molar-refractivity contribution < 1.29 is 0 Å². The first-order valence-corrected chi connectivity index (χ1v) is 23.5. The van der Waals surface area contributed by atoms with Gasteiger partial charge in [0.05, 0.1) is 17.1 Å². The third-order valence-electron chi connectivity index (χ3n) is 13.4. The van der Waals surface area contributed by atoms with Crippen LogP contribution in [0.25, 0.3) is 64.3 Å². The quantitative estimate of drug-likeness (QED) is 0.155. The smallest absolute Gasteiger partial charge is 0.0541 e. The maximum Gasteiger partial charge on any atom is 0.0541 e. The number of para-hydroxylation sites is 3. The third kappa shape index (κ3) is 7.33. The van der Waals surface area contributed by atoms with Crippen LogP contribution in [-0.2, 0) is 10.8 Å². The van der Waals surface area contributed by atoms with Crippen LogP contribution in [0.3, 0.4) is 0 Å². The fourth-order valence-electron chi connectivity index (χ4n) is 10.1. The molecule has 0 N–H and O–H groups in total. The average Bonchev–Trinajstić information content (AvgIpc) is 3.68. The van der Waals surface area contributed by atoms with E-state index < -0.39 is 0 Å². The van der Waals surface area contributed by atoms with E-state index in [1.807, 2.05) is 11.3 Å². The van der Waals surface area contributed by atoms with Gasteiger partial charge in [0, 0.05) is 42.4 Å². The molecule has 0 aliphatic heterocycles. The van der Waals surface area contributed by atoms with Gasteiger partial charge in [-0.05, 0) is 92.4 Å². The molecule has 308 valence electrons. The van der Waals surface area contributed by atoms with Crippen LogP contribution in [0.2, 0.25) is 0 Å². The van der Waals surface area contributed by atoms with Crippen molar-refractivity contribution in [3.05, 3.63) is 187 Å². The van der Waals surface area contributed by atoms with Gasteiger partial charge in [-0.1, -0.05) is 206 Å². The summed E-state index contributed by atoms with van der Waals surface area (Å²) in [6, 6.07) is 64.5. The Morgan fingerprint density at radius 3 is 1.61 bits per heavy atom. The Bertz CT molecular complexity index is 3050. The van der Waals surface area contributed by atoms with E-state index >= 15 is 0 Å². The lowest BCUT2D eigenvalue weighted by Gasteiger charge is -2.33. The summed E-state index contributed by atoms with van der Waals surface area (Å²) < 4.78 is 2.64. The molecule has 1 aromatic heterocycles. The summed E-state index contributed by atoms with van der Waals surface area (Å²) in [6.45, 7) is 14.0. The molecule has 1 aliphatic carbocycles. The number of rotatable bonds is 7. The van der Waals surface area contributed by atoms with Crippen molar-refractivity contribution >= 4 is 59.3 Å². The zero-order valence-corrected chi connectivity index (χ0v) is 38.0. The molecular formula is C60H57NS. The summed E-state index contributed by atoms with van der Waals surface area (Å²) in [5.74, 6) is 0.576. The van der Waals surface area contributed by atoms with Crippen LogP contribution in [-0.4, -0.2) is 0 Å². The monoisotopic (exact) mass is 823 g/mol. The number of anilines is 3. The van der Waals surface area contributed by atoms with E-state index in [9.17, 15) is 0 Å². The van der Waals surface area contributed by atoms with Gasteiger partial charge in [-0.25, -0.2) is 0 Å². The predicted octanol–water partition coefficient (Wildman–Crippen LogP) is 18.3. The third-order valence-corrected chi connectivity index (χ3v) is 14.6. The molecule has 0 unspecified atom stereocenters. The van der Waals surface area contributed by atoms with Gasteiger partial charge in [-0.3, -0.25) is 0 Å². The number of benzene rings is 8. The van der Waals surface area contributed by atoms with Crippen LogP contribution in [0.15, 0.2) is 170 Å². The average molecular weight is 824 g/mol. The summed E-state index contributed by atoms with van der Waals surface area (Å²) in [6.07, 6.45) is 6.48. The van der Waals surface area contributed by atoms with Gasteiger partial charge in [0.15, 0.2) is 0 Å². The van der Waals surface area contributed by atoms with Crippen LogP contribution >= 0.6 is 11.3 Å². The lowest BCUT2D eigenvalue weighted by molar-refractivity contribution is 0.445. The number of fused-ring (bicyclic) bond motifs is 4. The topological polar surface area (TPSA) is 3.24 Å². The molecule has 10 rings (SSSR count). The highest BCUT2D eigenvalue weighted by molar-refractivity contribution is 7.26. The largest absolute Gasteiger partial charge is 0.309 e. The Morgan fingerprint density at radius 2 is 0.952 bits per heavy atom. The van der Waals surface area contributed by atoms with E-state index in [1.165, 1.54) is 119 Å². The Morgan fingerprint density at radius 1 is 0.452 bits per heavy atom. The molecule has 1 heterocycles. The maximum atomic E-state index is 2.59. The highest BCUT2D eigenvalue weighted by atomic mass is 32.1. The second-order valence-corrected chi connectivity index (χ2v) is 20.6. The van der Waals surface area contributed by atoms with E-state index in [2.05, 4.69) is 216 Å². The second kappa shape index (κ2) is 16.1. The number of thiophene rings is 1. The minimum atomic E-state index is -0.0167. The van der Waals surface area contributed by atoms with E-state index in [0.717, 1.165) is 11.4 Å². The van der Waals surface area contributed by atoms with Gasteiger partial charge in [-0.15, -0.1) is 11.3 Å². The summed E-state index contributed by atoms with van der Waals surface area (Å²) in [5.41, 5.74) is 15.1. The lowest BCUT2D eigenvalue weighted by atomic mass is 9.78. The molecule has 9 aromatic rings. The maximum absolute atomic E-state index is 2.59. The molecule has 1 aliphatic rings. The molecule has 0 atom stereocenters. The molecule has 0 spiro atoms. The van der Waals surface area contributed by atoms with Crippen LogP contribution < -0.4 is 4.90 Å². The van der Waals surface area contributed by atoms with E-state index in [1.54, 1.807) is 0 Å². The predicted molar refractivity (Wildman–Crippen MR) is 271 cm³/mol. The van der Waals surface area contributed by atoms with Crippen LogP contribution in [0.1, 0.15) is 96.3 Å². The highest BCUT2D eigenvalue weighted by Crippen LogP contribution is 2.51. The highest BCUT2D eigenvalue weighted by Gasteiger charge is 2.28. The Kier molecular flexibility index (Phi) is 10.4. The van der Waals surface area contributed by atoms with Gasteiger partial charge in [0.25, 0.3) is 0 Å². The summed E-state index contributed by atoms with van der Waals surface area (Å²) in [5, 5.41) is 5.35. The van der Waals surface area contributed by atoms with Crippen molar-refractivity contribution in [2.45, 2.75) is 90.4 Å². The first-order valence-electron chi connectivity index (χ1n) is 22.7. The minimum Gasteiger partial charge on any atom is -0.309 e. The van der Waals surface area contributed by atoms with Crippen molar-refractivity contribution in [3.8, 4) is 33.4 Å². The van der Waals surface area contributed by atoms with Gasteiger partial charge in [0.2, 0.25) is 0 Å². The molecule has 2 heteroatoms. The summed E-state index contributed by atoms with van der Waals surface area (Å²) in [4.78, 5) is 2.59. The molecule has 0 radical (unpaired) electrons. The molecule has 1 saturated carbocycles. The van der Waals surface area contributed by atoms with Gasteiger partial charge in [-0.2, -0.15) is 0 Å². The number of nitrogens with zero attached hydrogens (tertiary/aromatic N) is 1. The second-order valence-electron chi connectivity index (χ2n) is 19.6. The van der Waals surface area contributed by atoms with Crippen LogP contribution in [0.5, 0.6) is 0 Å². The van der Waals surface area contributed by atoms with E-state index in [4.69, 9.17) is 0 Å². The van der Waals surface area contributed by atoms with Crippen molar-refractivity contribution in [2.75, 3.05) is 4.90 Å². The fraction of sp³-hybridized carbons (Fsp3) is 0.233. The van der Waals surface area contributed by atoms with Crippen molar-refractivity contribution in [3.63, 3.8) is 0 Å². The van der Waals surface area contributed by atoms with Gasteiger partial charge in [0.1, 0.15) is 0 Å². The normalized spacial score (nSPS) is 13.9. The minimum absolute atomic E-state index is 0.0167. The standard InChI is InChI=1S/C60H57NS/c1-59(2,3)43-37-42(38-44(39-43)60(4,5)6)45-25-10-14-33-53(45)61(55-35-16-12-27-48(55)51-31-20-32-52-49-28-13-17-36-56(49)62-58(51)52)54-34-15-11-26-47(54)50-30-19-24-41-23-18-29-46(57(41)50)40-21-8-7-9-22-40/h10-20,23-40H,7-9,21-22H2,1-6H3. The Hall–Kier alpha value is -5.96. The Labute approximate surface area is 372 Å². The number of hydrogen-bond donors (Lipinski definition) is 0. The molecule has 0 bridgehead atoms. The van der Waals surface area contributed by atoms with Crippen LogP contribution in [0.4, 0.5) is 17.1 Å². The SMILES string of the molecule is CC(C)(C)c1cc(-c2ccccc2N(c2ccccc2-c2cccc3c2sc2ccccc23)c2ccccc2-c2cccc3cccc(C4CCCCC4)c23)cc(C(C)(C)C)c1. The fourth-order valence-corrected chi connectivity index (χ4v) is 11.3. The van der Waals surface area contributed by atoms with Crippen molar-refractivity contribution in [1.82, 2.24) is 0 Å².